The molecule has 0 radical (unpaired) electrons. The quantitative estimate of drug-likeness (QED) is 0.270. The first-order valence-corrected chi connectivity index (χ1v) is 3.82. The van der Waals surface area contributed by atoms with Crippen LogP contribution in [0, 0.1) is 0 Å². The third-order valence-electron chi connectivity index (χ3n) is 0.924. The molecule has 0 bridgehead atoms. The van der Waals surface area contributed by atoms with Gasteiger partial charge in [-0.05, 0) is 12.2 Å². The third-order valence-corrected chi connectivity index (χ3v) is 1.53. The zero-order valence-electron chi connectivity index (χ0n) is 6.10. The van der Waals surface area contributed by atoms with E-state index in [2.05, 4.69) is 0 Å². The zero-order valence-corrected chi connectivity index (χ0v) is 7.61. The van der Waals surface area contributed by atoms with Gasteiger partial charge in [-0.25, -0.2) is 0 Å². The molecule has 1 nitrogen and oxygen atoms in total. The molecule has 0 spiro atoms. The summed E-state index contributed by atoms with van der Waals surface area (Å²) < 4.78 is 41.4. The van der Waals surface area contributed by atoms with Crippen LogP contribution < -0.4 is 0 Å². The van der Waals surface area contributed by atoms with Crippen LogP contribution in [0.5, 0.6) is 0 Å². The van der Waals surface area contributed by atoms with Crippen molar-refractivity contribution in [3.63, 3.8) is 0 Å². The standard InChI is InChI=1S/C5H4Cl2FN.CHF3/c6-4-2-1-3-5(7)9(4)8;2-1(3)4/h1-4H;1H. The second-order valence-electron chi connectivity index (χ2n) is 1.81. The molecule has 0 amide bonds. The molecule has 1 atom stereocenters. The highest BCUT2D eigenvalue weighted by atomic mass is 35.5. The normalized spacial score (nSPS) is 21.0. The van der Waals surface area contributed by atoms with Crippen molar-refractivity contribution < 1.29 is 17.7 Å². The molecular formula is C6H5Cl2F4N. The van der Waals surface area contributed by atoms with E-state index in [4.69, 9.17) is 23.2 Å². The summed E-state index contributed by atoms with van der Waals surface area (Å²) in [5.74, 6) is 0. The summed E-state index contributed by atoms with van der Waals surface area (Å²) in [6.07, 6.45) is 4.53. The maximum Gasteiger partial charge on any atom is 0.379 e. The molecule has 0 saturated carbocycles. The fourth-order valence-corrected chi connectivity index (χ4v) is 0.908. The van der Waals surface area contributed by atoms with Crippen molar-refractivity contribution in [3.05, 3.63) is 23.4 Å². The van der Waals surface area contributed by atoms with Crippen LogP contribution in [0.3, 0.4) is 0 Å². The van der Waals surface area contributed by atoms with Crippen molar-refractivity contribution in [1.82, 2.24) is 5.12 Å². The molecule has 0 aromatic heterocycles. The Labute approximate surface area is 82.1 Å². The SMILES string of the molecule is FC(F)F.FN1C(Cl)=CC=CC1Cl. The van der Waals surface area contributed by atoms with E-state index in [0.29, 0.717) is 0 Å². The van der Waals surface area contributed by atoms with Gasteiger partial charge in [0, 0.05) is 0 Å². The summed E-state index contributed by atoms with van der Waals surface area (Å²) >= 11 is 10.7. The monoisotopic (exact) mass is 237 g/mol. The van der Waals surface area contributed by atoms with E-state index in [-0.39, 0.29) is 10.3 Å². The lowest BCUT2D eigenvalue weighted by Crippen LogP contribution is -2.19. The highest BCUT2D eigenvalue weighted by Crippen LogP contribution is 2.21. The minimum absolute atomic E-state index is 0.0116. The highest BCUT2D eigenvalue weighted by Gasteiger charge is 2.15. The Kier molecular flexibility index (Phi) is 5.90. The largest absolute Gasteiger partial charge is 0.379 e. The smallest absolute Gasteiger partial charge is 0.178 e. The molecule has 0 fully saturated rings. The minimum atomic E-state index is -3.67. The van der Waals surface area contributed by atoms with Gasteiger partial charge in [0.2, 0.25) is 0 Å². The van der Waals surface area contributed by atoms with E-state index in [1.807, 2.05) is 0 Å². The van der Waals surface area contributed by atoms with Crippen molar-refractivity contribution in [3.8, 4) is 0 Å². The van der Waals surface area contributed by atoms with Crippen LogP contribution >= 0.6 is 23.2 Å². The van der Waals surface area contributed by atoms with Gasteiger partial charge in [0.25, 0.3) is 0 Å². The number of nitrogens with zero attached hydrogens (tertiary/aromatic N) is 1. The summed E-state index contributed by atoms with van der Waals surface area (Å²) in [6.45, 7) is -3.67. The van der Waals surface area contributed by atoms with E-state index in [1.165, 1.54) is 12.2 Å². The molecule has 1 aliphatic rings. The van der Waals surface area contributed by atoms with Gasteiger partial charge in [0.05, 0.1) is 0 Å². The Morgan fingerprint density at radius 1 is 1.38 bits per heavy atom. The van der Waals surface area contributed by atoms with Gasteiger partial charge in [0.1, 0.15) is 5.16 Å². The maximum atomic E-state index is 12.4. The van der Waals surface area contributed by atoms with Crippen molar-refractivity contribution in [2.75, 3.05) is 0 Å². The molecule has 0 aliphatic carbocycles. The van der Waals surface area contributed by atoms with Gasteiger partial charge in [0.15, 0.2) is 5.50 Å². The molecule has 7 heteroatoms. The highest BCUT2D eigenvalue weighted by molar-refractivity contribution is 6.30. The first-order chi connectivity index (χ1) is 5.95. The molecule has 1 heterocycles. The Morgan fingerprint density at radius 3 is 2.15 bits per heavy atom. The van der Waals surface area contributed by atoms with Crippen molar-refractivity contribution >= 4 is 23.2 Å². The van der Waals surface area contributed by atoms with E-state index in [9.17, 15) is 17.7 Å². The average molecular weight is 238 g/mol. The summed E-state index contributed by atoms with van der Waals surface area (Å²) in [5, 5.41) is 0.292. The van der Waals surface area contributed by atoms with Crippen LogP contribution in [0.4, 0.5) is 17.7 Å². The maximum absolute atomic E-state index is 12.4. The van der Waals surface area contributed by atoms with Gasteiger partial charge in [-0.1, -0.05) is 33.8 Å². The van der Waals surface area contributed by atoms with Gasteiger partial charge in [-0.3, -0.25) is 0 Å². The van der Waals surface area contributed by atoms with Crippen LogP contribution in [-0.2, 0) is 0 Å². The van der Waals surface area contributed by atoms with E-state index < -0.39 is 12.2 Å². The molecule has 0 N–H and O–H groups in total. The van der Waals surface area contributed by atoms with Gasteiger partial charge >= 0.3 is 6.68 Å². The number of allylic oxidation sites excluding steroid dienone is 2. The summed E-state index contributed by atoms with van der Waals surface area (Å²) in [4.78, 5) is 0. The van der Waals surface area contributed by atoms with Crippen LogP contribution in [0.2, 0.25) is 0 Å². The molecule has 1 aliphatic heterocycles. The van der Waals surface area contributed by atoms with Crippen molar-refractivity contribution in [2.45, 2.75) is 12.2 Å². The molecule has 76 valence electrons. The molecule has 1 rings (SSSR count). The predicted molar refractivity (Wildman–Crippen MR) is 42.8 cm³/mol. The van der Waals surface area contributed by atoms with Gasteiger partial charge < -0.3 is 0 Å². The van der Waals surface area contributed by atoms with E-state index in [1.54, 1.807) is 6.08 Å². The van der Waals surface area contributed by atoms with Gasteiger partial charge in [-0.15, -0.1) is 0 Å². The molecule has 1 unspecified atom stereocenters. The lowest BCUT2D eigenvalue weighted by Gasteiger charge is -2.17. The third kappa shape index (κ3) is 5.76. The molecule has 0 aromatic carbocycles. The zero-order chi connectivity index (χ0) is 10.4. The Hall–Kier alpha value is -0.420. The lowest BCUT2D eigenvalue weighted by atomic mass is 10.4. The average Bonchev–Trinajstić information content (AvgIpc) is 1.99. The molecule has 0 saturated heterocycles. The summed E-state index contributed by atoms with van der Waals surface area (Å²) in [7, 11) is 0. The lowest BCUT2D eigenvalue weighted by molar-refractivity contribution is 0.00819. The minimum Gasteiger partial charge on any atom is -0.178 e. The van der Waals surface area contributed by atoms with Crippen LogP contribution in [-0.4, -0.2) is 17.3 Å². The van der Waals surface area contributed by atoms with E-state index in [0.717, 1.165) is 0 Å². The van der Waals surface area contributed by atoms with Crippen LogP contribution in [0.15, 0.2) is 23.4 Å². The number of rotatable bonds is 0. The number of hydrogen-bond donors (Lipinski definition) is 0. The summed E-state index contributed by atoms with van der Waals surface area (Å²) in [6, 6.07) is 0. The predicted octanol–water partition coefficient (Wildman–Crippen LogP) is 3.57. The topological polar surface area (TPSA) is 3.24 Å². The second-order valence-corrected chi connectivity index (χ2v) is 2.64. The Balaban J connectivity index is 0.000000310. The van der Waals surface area contributed by atoms with Crippen molar-refractivity contribution in [2.24, 2.45) is 0 Å². The first-order valence-electron chi connectivity index (χ1n) is 3.00. The van der Waals surface area contributed by atoms with Crippen LogP contribution in [0.25, 0.3) is 0 Å². The first kappa shape index (κ1) is 12.6. The number of alkyl halides is 4. The fraction of sp³-hybridized carbons (Fsp3) is 0.333. The second kappa shape index (κ2) is 6.10. The van der Waals surface area contributed by atoms with Gasteiger partial charge in [-0.2, -0.15) is 18.3 Å². The molecule has 0 aromatic rings. The molecule has 13 heavy (non-hydrogen) atoms. The number of hydrogen-bond acceptors (Lipinski definition) is 1. The van der Waals surface area contributed by atoms with Crippen LogP contribution in [0.1, 0.15) is 0 Å². The van der Waals surface area contributed by atoms with Crippen molar-refractivity contribution in [1.29, 1.82) is 0 Å². The summed E-state index contributed by atoms with van der Waals surface area (Å²) in [5.41, 5.74) is -0.762. The Bertz CT molecular complexity index is 204. The number of halogens is 6. The fourth-order valence-electron chi connectivity index (χ4n) is 0.491. The molecular weight excluding hydrogens is 233 g/mol. The van der Waals surface area contributed by atoms with E-state index >= 15 is 0 Å². The Morgan fingerprint density at radius 2 is 1.85 bits per heavy atom.